The third-order valence-electron chi connectivity index (χ3n) is 2.05. The van der Waals surface area contributed by atoms with Gasteiger partial charge in [0.25, 0.3) is 0 Å². The fourth-order valence-electron chi connectivity index (χ4n) is 1.29. The fraction of sp³-hybridized carbons (Fsp3) is 0.167. The lowest BCUT2D eigenvalue weighted by Gasteiger charge is -2.07. The molecule has 0 radical (unpaired) electrons. The van der Waals surface area contributed by atoms with E-state index in [4.69, 9.17) is 4.74 Å². The average molecular weight is 279 g/mol. The average Bonchev–Trinajstić information content (AvgIpc) is 2.22. The van der Waals surface area contributed by atoms with Crippen molar-refractivity contribution in [2.24, 2.45) is 0 Å². The molecule has 2 aromatic rings. The number of nitrogens with zero attached hydrogens (tertiary/aromatic N) is 2. The Hall–Kier alpha value is -1.42. The third kappa shape index (κ3) is 2.58. The molecule has 1 heterocycles. The summed E-state index contributed by atoms with van der Waals surface area (Å²) in [6, 6.07) is 7.65. The molecule has 0 atom stereocenters. The van der Waals surface area contributed by atoms with E-state index in [0.717, 1.165) is 10.2 Å². The number of hydrogen-bond donors (Lipinski definition) is 0. The Bertz CT molecular complexity index is 514. The molecule has 4 heteroatoms. The van der Waals surface area contributed by atoms with Gasteiger partial charge in [0.15, 0.2) is 0 Å². The lowest BCUT2D eigenvalue weighted by atomic mass is 10.2. The van der Waals surface area contributed by atoms with E-state index >= 15 is 0 Å². The molecule has 1 aromatic carbocycles. The Morgan fingerprint density at radius 3 is 2.69 bits per heavy atom. The van der Waals surface area contributed by atoms with Crippen LogP contribution in [0.15, 0.2) is 34.9 Å². The van der Waals surface area contributed by atoms with Crippen molar-refractivity contribution in [3.05, 3.63) is 46.3 Å². The van der Waals surface area contributed by atoms with Crippen LogP contribution in [0.2, 0.25) is 0 Å². The van der Waals surface area contributed by atoms with Crippen LogP contribution in [0.25, 0.3) is 0 Å². The minimum Gasteiger partial charge on any atom is -0.438 e. The maximum atomic E-state index is 5.65. The molecule has 0 saturated carbocycles. The van der Waals surface area contributed by atoms with Crippen LogP contribution in [0.1, 0.15) is 11.4 Å². The van der Waals surface area contributed by atoms with Gasteiger partial charge in [-0.15, -0.1) is 0 Å². The van der Waals surface area contributed by atoms with E-state index in [2.05, 4.69) is 25.9 Å². The van der Waals surface area contributed by atoms with Gasteiger partial charge in [0.1, 0.15) is 11.6 Å². The smallest absolute Gasteiger partial charge is 0.222 e. The van der Waals surface area contributed by atoms with Crippen LogP contribution in [-0.2, 0) is 0 Å². The second-order valence-corrected chi connectivity index (χ2v) is 4.33. The molecular formula is C12H11BrN2O. The van der Waals surface area contributed by atoms with Crippen LogP contribution in [0.4, 0.5) is 0 Å². The summed E-state index contributed by atoms with van der Waals surface area (Å²) in [5, 5.41) is 0. The van der Waals surface area contributed by atoms with Crippen molar-refractivity contribution in [1.82, 2.24) is 9.97 Å². The quantitative estimate of drug-likeness (QED) is 0.841. The van der Waals surface area contributed by atoms with Crippen molar-refractivity contribution in [1.29, 1.82) is 0 Å². The van der Waals surface area contributed by atoms with E-state index in [1.165, 1.54) is 5.56 Å². The molecule has 0 amide bonds. The molecule has 0 aliphatic heterocycles. The first-order chi connectivity index (χ1) is 7.65. The number of benzene rings is 1. The molecule has 2 rings (SSSR count). The van der Waals surface area contributed by atoms with Gasteiger partial charge in [-0.25, -0.2) is 4.98 Å². The molecule has 82 valence electrons. The number of hydrogen-bond acceptors (Lipinski definition) is 3. The number of aromatic nitrogens is 2. The normalized spacial score (nSPS) is 10.2. The summed E-state index contributed by atoms with van der Waals surface area (Å²) in [6.07, 6.45) is 1.68. The van der Waals surface area contributed by atoms with Gasteiger partial charge in [-0.1, -0.05) is 6.07 Å². The Morgan fingerprint density at radius 1 is 1.19 bits per heavy atom. The van der Waals surface area contributed by atoms with Crippen LogP contribution in [-0.4, -0.2) is 9.97 Å². The summed E-state index contributed by atoms with van der Waals surface area (Å²) in [5.41, 5.74) is 1.18. The monoisotopic (exact) mass is 278 g/mol. The predicted molar refractivity (Wildman–Crippen MR) is 65.7 cm³/mol. The lowest BCUT2D eigenvalue weighted by molar-refractivity contribution is 0.457. The molecule has 0 aliphatic carbocycles. The number of halogens is 1. The highest BCUT2D eigenvalue weighted by atomic mass is 79.9. The molecule has 3 nitrogen and oxygen atoms in total. The number of rotatable bonds is 2. The van der Waals surface area contributed by atoms with Crippen LogP contribution >= 0.6 is 15.9 Å². The molecule has 0 fully saturated rings. The van der Waals surface area contributed by atoms with Gasteiger partial charge in [-0.05, 0) is 47.5 Å². The second kappa shape index (κ2) is 4.61. The van der Waals surface area contributed by atoms with Crippen LogP contribution < -0.4 is 4.74 Å². The Kier molecular flexibility index (Phi) is 3.19. The standard InChI is InChI=1S/C12H11BrN2O/c1-8-3-4-11(10(13)7-8)16-12-5-6-14-9(2)15-12/h3-7H,1-2H3. The molecule has 1 aromatic heterocycles. The summed E-state index contributed by atoms with van der Waals surface area (Å²) in [6.45, 7) is 3.86. The SMILES string of the molecule is Cc1ccc(Oc2ccnc(C)n2)c(Br)c1. The van der Waals surface area contributed by atoms with Gasteiger partial charge in [-0.3, -0.25) is 0 Å². The largest absolute Gasteiger partial charge is 0.438 e. The summed E-state index contributed by atoms with van der Waals surface area (Å²) in [5.74, 6) is 2.00. The topological polar surface area (TPSA) is 35.0 Å². The minimum absolute atomic E-state index is 0.553. The van der Waals surface area contributed by atoms with Gasteiger partial charge in [-0.2, -0.15) is 4.98 Å². The van der Waals surface area contributed by atoms with Crippen molar-refractivity contribution in [2.75, 3.05) is 0 Å². The van der Waals surface area contributed by atoms with Gasteiger partial charge >= 0.3 is 0 Å². The van der Waals surface area contributed by atoms with Gasteiger partial charge in [0, 0.05) is 12.3 Å². The highest BCUT2D eigenvalue weighted by molar-refractivity contribution is 9.10. The third-order valence-corrected chi connectivity index (χ3v) is 2.67. The number of ether oxygens (including phenoxy) is 1. The van der Waals surface area contributed by atoms with Gasteiger partial charge < -0.3 is 4.74 Å². The van der Waals surface area contributed by atoms with Crippen molar-refractivity contribution >= 4 is 15.9 Å². The van der Waals surface area contributed by atoms with E-state index in [0.29, 0.717) is 11.7 Å². The Morgan fingerprint density at radius 2 is 2.00 bits per heavy atom. The first-order valence-electron chi connectivity index (χ1n) is 4.89. The maximum Gasteiger partial charge on any atom is 0.222 e. The van der Waals surface area contributed by atoms with Crippen LogP contribution in [0.5, 0.6) is 11.6 Å². The lowest BCUT2D eigenvalue weighted by Crippen LogP contribution is -1.92. The van der Waals surface area contributed by atoms with Crippen molar-refractivity contribution in [2.45, 2.75) is 13.8 Å². The predicted octanol–water partition coefficient (Wildman–Crippen LogP) is 3.65. The molecule has 0 bridgehead atoms. The molecule has 0 saturated heterocycles. The highest BCUT2D eigenvalue weighted by Crippen LogP contribution is 2.29. The van der Waals surface area contributed by atoms with E-state index in [-0.39, 0.29) is 0 Å². The fourth-order valence-corrected chi connectivity index (χ4v) is 1.87. The summed E-state index contributed by atoms with van der Waals surface area (Å²) < 4.78 is 6.57. The molecular weight excluding hydrogens is 268 g/mol. The van der Waals surface area contributed by atoms with Crippen molar-refractivity contribution in [3.63, 3.8) is 0 Å². The molecule has 16 heavy (non-hydrogen) atoms. The summed E-state index contributed by atoms with van der Waals surface area (Å²) in [4.78, 5) is 8.19. The summed E-state index contributed by atoms with van der Waals surface area (Å²) in [7, 11) is 0. The molecule has 0 aliphatic rings. The second-order valence-electron chi connectivity index (χ2n) is 3.48. The van der Waals surface area contributed by atoms with E-state index in [1.807, 2.05) is 32.0 Å². The van der Waals surface area contributed by atoms with Crippen molar-refractivity contribution < 1.29 is 4.74 Å². The van der Waals surface area contributed by atoms with Gasteiger partial charge in [0.2, 0.25) is 5.88 Å². The maximum absolute atomic E-state index is 5.65. The van der Waals surface area contributed by atoms with Crippen LogP contribution in [0, 0.1) is 13.8 Å². The summed E-state index contributed by atoms with van der Waals surface area (Å²) >= 11 is 3.45. The zero-order valence-corrected chi connectivity index (χ0v) is 10.7. The van der Waals surface area contributed by atoms with Crippen LogP contribution in [0.3, 0.4) is 0 Å². The highest BCUT2D eigenvalue weighted by Gasteiger charge is 2.03. The Balaban J connectivity index is 2.27. The molecule has 0 spiro atoms. The zero-order chi connectivity index (χ0) is 11.5. The Labute approximate surface area is 103 Å². The number of aryl methyl sites for hydroxylation is 2. The minimum atomic E-state index is 0.553. The zero-order valence-electron chi connectivity index (χ0n) is 9.07. The van der Waals surface area contributed by atoms with Gasteiger partial charge in [0.05, 0.1) is 4.47 Å². The first-order valence-corrected chi connectivity index (χ1v) is 5.68. The molecule has 0 unspecified atom stereocenters. The molecule has 0 N–H and O–H groups in total. The van der Waals surface area contributed by atoms with Crippen molar-refractivity contribution in [3.8, 4) is 11.6 Å². The van der Waals surface area contributed by atoms with E-state index in [9.17, 15) is 0 Å². The van der Waals surface area contributed by atoms with E-state index < -0.39 is 0 Å². The first kappa shape index (κ1) is 11.1. The van der Waals surface area contributed by atoms with E-state index in [1.54, 1.807) is 12.3 Å².